The van der Waals surface area contributed by atoms with Gasteiger partial charge in [0.15, 0.2) is 5.82 Å². The third-order valence-corrected chi connectivity index (χ3v) is 6.15. The quantitative estimate of drug-likeness (QED) is 0.465. The average Bonchev–Trinajstić information content (AvgIpc) is 3.20. The minimum absolute atomic E-state index is 0.162. The smallest absolute Gasteiger partial charge is 0.214 e. The lowest BCUT2D eigenvalue weighted by atomic mass is 10.1. The number of halogens is 1. The van der Waals surface area contributed by atoms with E-state index in [0.29, 0.717) is 5.82 Å². The summed E-state index contributed by atoms with van der Waals surface area (Å²) in [6.07, 6.45) is 1.22. The molecular weight excluding hydrogens is 426 g/mol. The fraction of sp³-hybridized carbons (Fsp3) is 0. The topological polar surface area (TPSA) is 64.8 Å². The molecule has 5 nitrogen and oxygen atoms in total. The Morgan fingerprint density at radius 1 is 0.741 bits per heavy atom. The van der Waals surface area contributed by atoms with E-state index in [1.54, 1.807) is 24.3 Å². The summed E-state index contributed by atoms with van der Waals surface area (Å²) in [6, 6.07) is 23.9. The van der Waals surface area contributed by atoms with E-state index in [2.05, 4.69) is 26.0 Å². The zero-order chi connectivity index (χ0) is 18.9. The van der Waals surface area contributed by atoms with Crippen molar-refractivity contribution in [3.63, 3.8) is 0 Å². The Morgan fingerprint density at radius 2 is 1.33 bits per heavy atom. The molecule has 0 atom stereocenters. The Kier molecular flexibility index (Phi) is 4.63. The second-order valence-electron chi connectivity index (χ2n) is 5.84. The first-order valence-corrected chi connectivity index (χ1v) is 10.4. The molecule has 0 spiro atoms. The molecule has 0 unspecified atom stereocenters. The van der Waals surface area contributed by atoms with Crippen LogP contribution in [0.3, 0.4) is 0 Å². The number of rotatable bonds is 4. The molecule has 4 aromatic rings. The summed E-state index contributed by atoms with van der Waals surface area (Å²) < 4.78 is 27.5. The van der Waals surface area contributed by atoms with Crippen molar-refractivity contribution in [3.8, 4) is 22.5 Å². The van der Waals surface area contributed by atoms with Gasteiger partial charge in [-0.25, -0.2) is 4.98 Å². The largest absolute Gasteiger partial charge is 0.284 e. The Labute approximate surface area is 165 Å². The lowest BCUT2D eigenvalue weighted by Crippen LogP contribution is -2.13. The fourth-order valence-electron chi connectivity index (χ4n) is 2.65. The molecule has 0 radical (unpaired) electrons. The Balaban J connectivity index is 1.65. The van der Waals surface area contributed by atoms with Crippen LogP contribution in [0.1, 0.15) is 0 Å². The van der Waals surface area contributed by atoms with Crippen LogP contribution in [0.5, 0.6) is 0 Å². The molecule has 0 amide bonds. The zero-order valence-corrected chi connectivity index (χ0v) is 16.4. The van der Waals surface area contributed by atoms with Crippen LogP contribution >= 0.6 is 15.9 Å². The van der Waals surface area contributed by atoms with E-state index in [-0.39, 0.29) is 4.90 Å². The van der Waals surface area contributed by atoms with Crippen molar-refractivity contribution < 1.29 is 8.42 Å². The van der Waals surface area contributed by atoms with E-state index in [9.17, 15) is 8.42 Å². The van der Waals surface area contributed by atoms with Crippen LogP contribution in [0.15, 0.2) is 94.6 Å². The molecule has 134 valence electrons. The van der Waals surface area contributed by atoms with Crippen molar-refractivity contribution in [3.05, 3.63) is 89.7 Å². The lowest BCUT2D eigenvalue weighted by Gasteiger charge is -2.06. The molecule has 0 N–H and O–H groups in total. The molecule has 0 aliphatic rings. The Hall–Kier alpha value is -2.77. The molecule has 0 saturated carbocycles. The van der Waals surface area contributed by atoms with Gasteiger partial charge in [0.25, 0.3) is 10.0 Å². The maximum atomic E-state index is 12.8. The highest BCUT2D eigenvalue weighted by Gasteiger charge is 2.19. The summed E-state index contributed by atoms with van der Waals surface area (Å²) in [6.45, 7) is 0. The van der Waals surface area contributed by atoms with Crippen LogP contribution in [0.2, 0.25) is 0 Å². The van der Waals surface area contributed by atoms with Gasteiger partial charge in [-0.1, -0.05) is 70.5 Å². The van der Waals surface area contributed by atoms with Crippen LogP contribution in [0.4, 0.5) is 0 Å². The average molecular weight is 440 g/mol. The second-order valence-corrected chi connectivity index (χ2v) is 8.55. The first kappa shape index (κ1) is 17.6. The first-order chi connectivity index (χ1) is 13.0. The number of nitrogens with zero attached hydrogens (tertiary/aromatic N) is 3. The van der Waals surface area contributed by atoms with Gasteiger partial charge >= 0.3 is 0 Å². The minimum atomic E-state index is -3.80. The monoisotopic (exact) mass is 439 g/mol. The van der Waals surface area contributed by atoms with Gasteiger partial charge in [0.05, 0.1) is 4.90 Å². The van der Waals surface area contributed by atoms with Crippen molar-refractivity contribution in [1.29, 1.82) is 0 Å². The SMILES string of the molecule is O=S(=O)(c1ccc(-c2ccccc2)cc1)n1cnc(-c2ccc(Br)cc2)n1. The molecule has 27 heavy (non-hydrogen) atoms. The number of aromatic nitrogens is 3. The molecule has 4 rings (SSSR count). The third-order valence-electron chi connectivity index (χ3n) is 4.08. The van der Waals surface area contributed by atoms with E-state index in [4.69, 9.17) is 0 Å². The molecule has 1 heterocycles. The van der Waals surface area contributed by atoms with Gasteiger partial charge in [0.1, 0.15) is 6.33 Å². The summed E-state index contributed by atoms with van der Waals surface area (Å²) in [7, 11) is -3.80. The normalized spacial score (nSPS) is 11.4. The van der Waals surface area contributed by atoms with E-state index < -0.39 is 10.0 Å². The highest BCUT2D eigenvalue weighted by molar-refractivity contribution is 9.10. The molecular formula is C20H14BrN3O2S. The molecule has 1 aromatic heterocycles. The third kappa shape index (κ3) is 3.56. The summed E-state index contributed by atoms with van der Waals surface area (Å²) in [5, 5.41) is 4.14. The van der Waals surface area contributed by atoms with E-state index in [1.807, 2.05) is 54.6 Å². The Bertz CT molecular complexity index is 1170. The summed E-state index contributed by atoms with van der Waals surface area (Å²) in [4.78, 5) is 4.29. The van der Waals surface area contributed by atoms with Gasteiger partial charge in [-0.05, 0) is 35.4 Å². The molecule has 7 heteroatoms. The summed E-state index contributed by atoms with van der Waals surface area (Å²) in [5.74, 6) is 0.354. The number of hydrogen-bond acceptors (Lipinski definition) is 4. The molecule has 0 bridgehead atoms. The maximum Gasteiger partial charge on any atom is 0.284 e. The van der Waals surface area contributed by atoms with E-state index in [1.165, 1.54) is 6.33 Å². The van der Waals surface area contributed by atoms with E-state index >= 15 is 0 Å². The van der Waals surface area contributed by atoms with Crippen LogP contribution in [0.25, 0.3) is 22.5 Å². The van der Waals surface area contributed by atoms with Gasteiger partial charge < -0.3 is 0 Å². The number of hydrogen-bond donors (Lipinski definition) is 0. The maximum absolute atomic E-state index is 12.8. The predicted octanol–water partition coefficient (Wildman–Crippen LogP) is 4.61. The molecule has 0 aliphatic carbocycles. The van der Waals surface area contributed by atoms with Crippen LogP contribution in [0, 0.1) is 0 Å². The van der Waals surface area contributed by atoms with Gasteiger partial charge in [-0.15, -0.1) is 9.19 Å². The minimum Gasteiger partial charge on any atom is -0.214 e. The van der Waals surface area contributed by atoms with Crippen molar-refractivity contribution in [2.45, 2.75) is 4.90 Å². The standard InChI is InChI=1S/C20H14BrN3O2S/c21-18-10-6-17(7-11-18)20-22-14-24(23-20)27(25,26)19-12-8-16(9-13-19)15-4-2-1-3-5-15/h1-14H. The fourth-order valence-corrected chi connectivity index (χ4v) is 3.97. The summed E-state index contributed by atoms with van der Waals surface area (Å²) in [5.41, 5.74) is 2.72. The highest BCUT2D eigenvalue weighted by atomic mass is 79.9. The zero-order valence-electron chi connectivity index (χ0n) is 14.0. The lowest BCUT2D eigenvalue weighted by molar-refractivity contribution is 0.580. The van der Waals surface area contributed by atoms with E-state index in [0.717, 1.165) is 25.3 Å². The van der Waals surface area contributed by atoms with Crippen molar-refractivity contribution in [2.24, 2.45) is 0 Å². The molecule has 0 fully saturated rings. The molecule has 0 aliphatic heterocycles. The van der Waals surface area contributed by atoms with Crippen molar-refractivity contribution in [2.75, 3.05) is 0 Å². The predicted molar refractivity (Wildman–Crippen MR) is 108 cm³/mol. The van der Waals surface area contributed by atoms with Gasteiger partial charge in [-0.3, -0.25) is 0 Å². The van der Waals surface area contributed by atoms with Crippen molar-refractivity contribution in [1.82, 2.24) is 14.2 Å². The van der Waals surface area contributed by atoms with Gasteiger partial charge in [0, 0.05) is 10.0 Å². The Morgan fingerprint density at radius 3 is 2.00 bits per heavy atom. The van der Waals surface area contributed by atoms with Gasteiger partial charge in [0.2, 0.25) is 0 Å². The first-order valence-electron chi connectivity index (χ1n) is 8.13. The van der Waals surface area contributed by atoms with Crippen LogP contribution < -0.4 is 0 Å². The second kappa shape index (κ2) is 7.09. The van der Waals surface area contributed by atoms with Crippen LogP contribution in [-0.2, 0) is 10.0 Å². The van der Waals surface area contributed by atoms with Crippen molar-refractivity contribution >= 4 is 26.0 Å². The molecule has 3 aromatic carbocycles. The molecule has 0 saturated heterocycles. The highest BCUT2D eigenvalue weighted by Crippen LogP contribution is 2.23. The van der Waals surface area contributed by atoms with Gasteiger partial charge in [-0.2, -0.15) is 8.42 Å². The summed E-state index contributed by atoms with van der Waals surface area (Å²) >= 11 is 3.37. The number of benzene rings is 3. The van der Waals surface area contributed by atoms with Crippen LogP contribution in [-0.4, -0.2) is 22.6 Å².